The number of carbonyl (C=O) groups excluding carboxylic acids is 1. The third-order valence-electron chi connectivity index (χ3n) is 4.66. The third kappa shape index (κ3) is 2.23. The number of hydrogen-bond donors (Lipinski definition) is 1. The van der Waals surface area contributed by atoms with Gasteiger partial charge in [0.25, 0.3) is 0 Å². The van der Waals surface area contributed by atoms with Crippen molar-refractivity contribution in [3.63, 3.8) is 0 Å². The summed E-state index contributed by atoms with van der Waals surface area (Å²) in [5.74, 6) is 1.00. The van der Waals surface area contributed by atoms with Crippen LogP contribution in [0.3, 0.4) is 0 Å². The number of benzene rings is 1. The van der Waals surface area contributed by atoms with E-state index in [1.165, 1.54) is 0 Å². The van der Waals surface area contributed by atoms with Gasteiger partial charge < -0.3 is 14.7 Å². The summed E-state index contributed by atoms with van der Waals surface area (Å²) in [5.41, 5.74) is 1.85. The van der Waals surface area contributed by atoms with Crippen molar-refractivity contribution in [1.29, 1.82) is 0 Å². The predicted molar refractivity (Wildman–Crippen MR) is 81.3 cm³/mol. The van der Waals surface area contributed by atoms with Crippen LogP contribution in [-0.2, 0) is 4.79 Å². The highest BCUT2D eigenvalue weighted by molar-refractivity contribution is 6.03. The summed E-state index contributed by atoms with van der Waals surface area (Å²) >= 11 is 0. The van der Waals surface area contributed by atoms with Crippen molar-refractivity contribution < 1.29 is 14.6 Å². The standard InChI is InChI=1S/C17H21NO3/c1-10-8-11(2)15-16(14(19)9-10)18(17(15)20)12-4-6-13(21-3)7-5-12/h4-7,11,14-16,19H,1,8-9H2,2-3H3/t11-,14+,15+,16-/m0/s1. The van der Waals surface area contributed by atoms with Crippen molar-refractivity contribution in [3.8, 4) is 5.75 Å². The van der Waals surface area contributed by atoms with Crippen LogP contribution in [0.1, 0.15) is 19.8 Å². The molecule has 1 saturated carbocycles. The van der Waals surface area contributed by atoms with Gasteiger partial charge in [-0.3, -0.25) is 4.79 Å². The van der Waals surface area contributed by atoms with Gasteiger partial charge in [0.15, 0.2) is 0 Å². The highest BCUT2D eigenvalue weighted by Crippen LogP contribution is 2.44. The number of ether oxygens (including phenoxy) is 1. The van der Waals surface area contributed by atoms with Crippen LogP contribution in [-0.4, -0.2) is 30.3 Å². The topological polar surface area (TPSA) is 49.8 Å². The molecule has 2 fully saturated rings. The van der Waals surface area contributed by atoms with Gasteiger partial charge in [0.1, 0.15) is 5.75 Å². The maximum absolute atomic E-state index is 12.5. The molecule has 1 aromatic carbocycles. The minimum atomic E-state index is -0.535. The number of nitrogens with zero attached hydrogens (tertiary/aromatic N) is 1. The van der Waals surface area contributed by atoms with Crippen molar-refractivity contribution >= 4 is 11.6 Å². The van der Waals surface area contributed by atoms with Crippen LogP contribution < -0.4 is 9.64 Å². The molecule has 4 heteroatoms. The largest absolute Gasteiger partial charge is 0.497 e. The van der Waals surface area contributed by atoms with E-state index in [1.54, 1.807) is 12.0 Å². The van der Waals surface area contributed by atoms with Crippen molar-refractivity contribution in [1.82, 2.24) is 0 Å². The molecule has 1 N–H and O–H groups in total. The second-order valence-electron chi connectivity index (χ2n) is 6.13. The number of carbonyl (C=O) groups is 1. The number of methoxy groups -OCH3 is 1. The summed E-state index contributed by atoms with van der Waals surface area (Å²) < 4.78 is 5.14. The average Bonchev–Trinajstić information content (AvgIpc) is 2.53. The maximum Gasteiger partial charge on any atom is 0.232 e. The summed E-state index contributed by atoms with van der Waals surface area (Å²) in [4.78, 5) is 14.2. The lowest BCUT2D eigenvalue weighted by molar-refractivity contribution is -0.135. The van der Waals surface area contributed by atoms with E-state index < -0.39 is 6.10 Å². The Bertz CT molecular complexity index is 566. The predicted octanol–water partition coefficient (Wildman–Crippen LogP) is 2.37. The molecular formula is C17H21NO3. The molecule has 1 amide bonds. The van der Waals surface area contributed by atoms with Gasteiger partial charge >= 0.3 is 0 Å². The molecule has 0 spiro atoms. The van der Waals surface area contributed by atoms with Gasteiger partial charge in [-0.15, -0.1) is 0 Å². The van der Waals surface area contributed by atoms with Crippen molar-refractivity contribution in [2.45, 2.75) is 31.9 Å². The van der Waals surface area contributed by atoms with Crippen molar-refractivity contribution in [3.05, 3.63) is 36.4 Å². The molecule has 0 unspecified atom stereocenters. The smallest absolute Gasteiger partial charge is 0.232 e. The van der Waals surface area contributed by atoms with Gasteiger partial charge in [-0.25, -0.2) is 0 Å². The molecule has 0 radical (unpaired) electrons. The molecule has 3 rings (SSSR count). The second-order valence-corrected chi connectivity index (χ2v) is 6.13. The highest BCUT2D eigenvalue weighted by atomic mass is 16.5. The first kappa shape index (κ1) is 14.1. The lowest BCUT2D eigenvalue weighted by atomic mass is 9.76. The molecule has 0 bridgehead atoms. The van der Waals surface area contributed by atoms with Gasteiger partial charge in [0, 0.05) is 5.69 Å². The minimum Gasteiger partial charge on any atom is -0.497 e. The molecule has 1 aromatic rings. The fourth-order valence-electron chi connectivity index (χ4n) is 3.65. The van der Waals surface area contributed by atoms with Crippen LogP contribution in [0, 0.1) is 11.8 Å². The molecule has 112 valence electrons. The monoisotopic (exact) mass is 287 g/mol. The second kappa shape index (κ2) is 5.19. The number of hydrogen-bond acceptors (Lipinski definition) is 3. The zero-order chi connectivity index (χ0) is 15.1. The van der Waals surface area contributed by atoms with E-state index in [0.717, 1.165) is 23.4 Å². The van der Waals surface area contributed by atoms with E-state index in [9.17, 15) is 9.90 Å². The van der Waals surface area contributed by atoms with Crippen LogP contribution in [0.4, 0.5) is 5.69 Å². The van der Waals surface area contributed by atoms with Crippen molar-refractivity contribution in [2.24, 2.45) is 11.8 Å². The fraction of sp³-hybridized carbons (Fsp3) is 0.471. The average molecular weight is 287 g/mol. The van der Waals surface area contributed by atoms with Gasteiger partial charge in [-0.2, -0.15) is 0 Å². The summed E-state index contributed by atoms with van der Waals surface area (Å²) in [6, 6.07) is 7.26. The molecule has 0 aromatic heterocycles. The molecule has 4 nitrogen and oxygen atoms in total. The fourth-order valence-corrected chi connectivity index (χ4v) is 3.65. The van der Waals surface area contributed by atoms with E-state index >= 15 is 0 Å². The van der Waals surface area contributed by atoms with Gasteiger partial charge in [0.2, 0.25) is 5.91 Å². The Balaban J connectivity index is 1.90. The van der Waals surface area contributed by atoms with Crippen LogP contribution >= 0.6 is 0 Å². The maximum atomic E-state index is 12.5. The van der Waals surface area contributed by atoms with E-state index in [0.29, 0.717) is 6.42 Å². The molecule has 4 atom stereocenters. The Labute approximate surface area is 125 Å². The Hall–Kier alpha value is -1.81. The van der Waals surface area contributed by atoms with Crippen LogP contribution in [0.2, 0.25) is 0 Å². The van der Waals surface area contributed by atoms with Crippen LogP contribution in [0.15, 0.2) is 36.4 Å². The Morgan fingerprint density at radius 1 is 1.29 bits per heavy atom. The molecule has 1 aliphatic carbocycles. The number of β-lactam (4-membered cyclic amide) rings is 1. The first-order valence-electron chi connectivity index (χ1n) is 7.34. The number of amides is 1. The molecule has 1 heterocycles. The lowest BCUT2D eigenvalue weighted by Crippen LogP contribution is -2.67. The van der Waals surface area contributed by atoms with Gasteiger partial charge in [-0.05, 0) is 43.0 Å². The molecule has 21 heavy (non-hydrogen) atoms. The number of rotatable bonds is 2. The van der Waals surface area contributed by atoms with Crippen molar-refractivity contribution in [2.75, 3.05) is 12.0 Å². The van der Waals surface area contributed by atoms with E-state index in [4.69, 9.17) is 4.74 Å². The summed E-state index contributed by atoms with van der Waals surface area (Å²) in [7, 11) is 1.61. The molecule has 2 aliphatic rings. The SMILES string of the molecule is C=C1C[C@@H](O)[C@H]2[C@H](C(=O)N2c2ccc(OC)cc2)[C@@H](C)C1. The van der Waals surface area contributed by atoms with Crippen LogP contribution in [0.5, 0.6) is 5.75 Å². The first-order chi connectivity index (χ1) is 10.0. The third-order valence-corrected chi connectivity index (χ3v) is 4.66. The first-order valence-corrected chi connectivity index (χ1v) is 7.34. The van der Waals surface area contributed by atoms with Gasteiger partial charge in [0.05, 0.1) is 25.2 Å². The Morgan fingerprint density at radius 3 is 2.57 bits per heavy atom. The summed E-state index contributed by atoms with van der Waals surface area (Å²) in [5, 5.41) is 10.4. The number of anilines is 1. The summed E-state index contributed by atoms with van der Waals surface area (Å²) in [6.45, 7) is 6.08. The van der Waals surface area contributed by atoms with E-state index in [1.807, 2.05) is 24.3 Å². The molecular weight excluding hydrogens is 266 g/mol. The molecule has 1 saturated heterocycles. The Kier molecular flexibility index (Phi) is 3.49. The summed E-state index contributed by atoms with van der Waals surface area (Å²) in [6.07, 6.45) is 0.860. The quantitative estimate of drug-likeness (QED) is 0.671. The normalized spacial score (nSPS) is 32.2. The van der Waals surface area contributed by atoms with Crippen LogP contribution in [0.25, 0.3) is 0 Å². The number of aliphatic hydroxyl groups excluding tert-OH is 1. The minimum absolute atomic E-state index is 0.0960. The van der Waals surface area contributed by atoms with Gasteiger partial charge in [-0.1, -0.05) is 19.1 Å². The zero-order valence-electron chi connectivity index (χ0n) is 12.5. The zero-order valence-corrected chi connectivity index (χ0v) is 12.5. The molecule has 1 aliphatic heterocycles. The number of aliphatic hydroxyl groups is 1. The Morgan fingerprint density at radius 2 is 1.95 bits per heavy atom. The highest BCUT2D eigenvalue weighted by Gasteiger charge is 2.54. The number of fused-ring (bicyclic) bond motifs is 1. The van der Waals surface area contributed by atoms with E-state index in [2.05, 4.69) is 13.5 Å². The van der Waals surface area contributed by atoms with E-state index in [-0.39, 0.29) is 23.8 Å². The lowest BCUT2D eigenvalue weighted by Gasteiger charge is -2.50.